The molecule has 0 bridgehead atoms. The van der Waals surface area contributed by atoms with Crippen molar-refractivity contribution in [3.63, 3.8) is 0 Å². The summed E-state index contributed by atoms with van der Waals surface area (Å²) in [5, 5.41) is 16.2. The molecule has 0 aliphatic rings. The molecule has 0 saturated carbocycles. The van der Waals surface area contributed by atoms with Crippen LogP contribution in [0.5, 0.6) is 0 Å². The van der Waals surface area contributed by atoms with E-state index in [2.05, 4.69) is 15.6 Å². The van der Waals surface area contributed by atoms with Gasteiger partial charge in [0.2, 0.25) is 0 Å². The van der Waals surface area contributed by atoms with Gasteiger partial charge in [-0.1, -0.05) is 24.3 Å². The van der Waals surface area contributed by atoms with Crippen LogP contribution >= 0.6 is 0 Å². The van der Waals surface area contributed by atoms with Gasteiger partial charge in [0, 0.05) is 13.1 Å². The lowest BCUT2D eigenvalue weighted by Gasteiger charge is -2.15. The first-order valence-electron chi connectivity index (χ1n) is 7.78. The van der Waals surface area contributed by atoms with Crippen LogP contribution in [0, 0.1) is 11.6 Å². The highest BCUT2D eigenvalue weighted by Crippen LogP contribution is 2.12. The second-order valence-corrected chi connectivity index (χ2v) is 5.27. The summed E-state index contributed by atoms with van der Waals surface area (Å²) in [6, 6.07) is 11.9. The maximum atomic E-state index is 13.2. The highest BCUT2D eigenvalue weighted by atomic mass is 19.1. The molecule has 24 heavy (non-hydrogen) atoms. The van der Waals surface area contributed by atoms with E-state index in [1.165, 1.54) is 24.3 Å². The number of guanidine groups is 1. The fourth-order valence-corrected chi connectivity index (χ4v) is 2.14. The number of nitrogens with one attached hydrogen (secondary N) is 2. The quantitative estimate of drug-likeness (QED) is 0.563. The van der Waals surface area contributed by atoms with Crippen LogP contribution in [-0.4, -0.2) is 24.2 Å². The lowest BCUT2D eigenvalue weighted by Crippen LogP contribution is -2.39. The van der Waals surface area contributed by atoms with Crippen molar-refractivity contribution in [3.05, 3.63) is 71.3 Å². The highest BCUT2D eigenvalue weighted by Gasteiger charge is 2.08. The molecule has 2 rings (SSSR count). The van der Waals surface area contributed by atoms with Crippen molar-refractivity contribution in [2.24, 2.45) is 4.99 Å². The molecular formula is C18H21F2N3O. The summed E-state index contributed by atoms with van der Waals surface area (Å²) in [6.45, 7) is 3.12. The number of aliphatic hydroxyl groups is 1. The van der Waals surface area contributed by atoms with Gasteiger partial charge in [0.1, 0.15) is 11.6 Å². The number of nitrogens with zero attached hydrogens (tertiary/aromatic N) is 1. The van der Waals surface area contributed by atoms with Gasteiger partial charge in [0.05, 0.1) is 12.6 Å². The number of halogens is 2. The number of benzene rings is 2. The molecule has 6 heteroatoms. The zero-order chi connectivity index (χ0) is 17.4. The van der Waals surface area contributed by atoms with E-state index in [0.29, 0.717) is 24.6 Å². The second kappa shape index (κ2) is 8.98. The van der Waals surface area contributed by atoms with Gasteiger partial charge in [-0.05, 0) is 42.3 Å². The Kier molecular flexibility index (Phi) is 6.69. The smallest absolute Gasteiger partial charge is 0.191 e. The van der Waals surface area contributed by atoms with Crippen LogP contribution in [0.1, 0.15) is 24.2 Å². The van der Waals surface area contributed by atoms with Gasteiger partial charge in [0.25, 0.3) is 0 Å². The molecule has 0 heterocycles. The topological polar surface area (TPSA) is 56.7 Å². The van der Waals surface area contributed by atoms with Crippen molar-refractivity contribution in [2.45, 2.75) is 19.6 Å². The van der Waals surface area contributed by atoms with Gasteiger partial charge in [0.15, 0.2) is 5.96 Å². The number of aliphatic hydroxyl groups excluding tert-OH is 1. The minimum Gasteiger partial charge on any atom is -0.387 e. The largest absolute Gasteiger partial charge is 0.387 e. The first-order chi connectivity index (χ1) is 11.6. The Labute approximate surface area is 140 Å². The summed E-state index contributed by atoms with van der Waals surface area (Å²) in [4.78, 5) is 4.36. The summed E-state index contributed by atoms with van der Waals surface area (Å²) >= 11 is 0. The van der Waals surface area contributed by atoms with Gasteiger partial charge in [-0.25, -0.2) is 13.8 Å². The minimum absolute atomic E-state index is 0.223. The molecule has 0 radical (unpaired) electrons. The first-order valence-corrected chi connectivity index (χ1v) is 7.78. The Hall–Kier alpha value is -2.47. The van der Waals surface area contributed by atoms with Crippen molar-refractivity contribution >= 4 is 5.96 Å². The summed E-state index contributed by atoms with van der Waals surface area (Å²) in [5.74, 6) is -0.126. The standard InChI is InChI=1S/C18H21F2N3O/c1-2-21-18(22-11-13-4-3-5-16(20)10-13)23-12-17(24)14-6-8-15(19)9-7-14/h3-10,17,24H,2,11-12H2,1H3,(H2,21,22,23). The van der Waals surface area contributed by atoms with E-state index < -0.39 is 6.10 Å². The number of rotatable bonds is 6. The zero-order valence-electron chi connectivity index (χ0n) is 13.5. The SMILES string of the molecule is CCNC(=NCc1cccc(F)c1)NCC(O)c1ccc(F)cc1. The van der Waals surface area contributed by atoms with Gasteiger partial charge in [-0.15, -0.1) is 0 Å². The maximum absolute atomic E-state index is 13.2. The molecule has 0 aliphatic heterocycles. The van der Waals surface area contributed by atoms with E-state index >= 15 is 0 Å². The number of hydrogen-bond donors (Lipinski definition) is 3. The Bertz CT molecular complexity index is 674. The van der Waals surface area contributed by atoms with Gasteiger partial charge in [-0.2, -0.15) is 0 Å². The molecule has 0 aromatic heterocycles. The van der Waals surface area contributed by atoms with Gasteiger partial charge >= 0.3 is 0 Å². The highest BCUT2D eigenvalue weighted by molar-refractivity contribution is 5.79. The first kappa shape index (κ1) is 17.9. The summed E-state index contributed by atoms with van der Waals surface area (Å²) < 4.78 is 26.1. The molecule has 0 amide bonds. The monoisotopic (exact) mass is 333 g/mol. The van der Waals surface area contributed by atoms with Gasteiger partial charge in [-0.3, -0.25) is 0 Å². The third-order valence-electron chi connectivity index (χ3n) is 3.37. The van der Waals surface area contributed by atoms with E-state index in [1.807, 2.05) is 6.92 Å². The van der Waals surface area contributed by atoms with Crippen LogP contribution in [-0.2, 0) is 6.54 Å². The fourth-order valence-electron chi connectivity index (χ4n) is 2.14. The third kappa shape index (κ3) is 5.62. The third-order valence-corrected chi connectivity index (χ3v) is 3.37. The van der Waals surface area contributed by atoms with Crippen LogP contribution in [0.2, 0.25) is 0 Å². The molecular weight excluding hydrogens is 312 g/mol. The predicted molar refractivity (Wildman–Crippen MR) is 90.6 cm³/mol. The summed E-state index contributed by atoms with van der Waals surface area (Å²) in [6.07, 6.45) is -0.788. The Morgan fingerprint density at radius 3 is 2.50 bits per heavy atom. The van der Waals surface area contributed by atoms with Gasteiger partial charge < -0.3 is 15.7 Å². The van der Waals surface area contributed by atoms with Crippen LogP contribution in [0.15, 0.2) is 53.5 Å². The van der Waals surface area contributed by atoms with Crippen molar-refractivity contribution in [1.29, 1.82) is 0 Å². The Balaban J connectivity index is 1.94. The average Bonchev–Trinajstić information content (AvgIpc) is 2.58. The summed E-state index contributed by atoms with van der Waals surface area (Å²) in [7, 11) is 0. The van der Waals surface area contributed by atoms with Crippen molar-refractivity contribution in [2.75, 3.05) is 13.1 Å². The molecule has 1 unspecified atom stereocenters. The van der Waals surface area contributed by atoms with Crippen LogP contribution < -0.4 is 10.6 Å². The second-order valence-electron chi connectivity index (χ2n) is 5.27. The number of aliphatic imine (C=N–C) groups is 1. The minimum atomic E-state index is -0.788. The molecule has 2 aromatic rings. The summed E-state index contributed by atoms with van der Waals surface area (Å²) in [5.41, 5.74) is 1.37. The van der Waals surface area contributed by atoms with Crippen molar-refractivity contribution in [1.82, 2.24) is 10.6 Å². The molecule has 3 N–H and O–H groups in total. The fraction of sp³-hybridized carbons (Fsp3) is 0.278. The average molecular weight is 333 g/mol. The normalized spacial score (nSPS) is 12.8. The lowest BCUT2D eigenvalue weighted by molar-refractivity contribution is 0.180. The predicted octanol–water partition coefficient (Wildman–Crippen LogP) is 2.75. The van der Waals surface area contributed by atoms with E-state index in [4.69, 9.17) is 0 Å². The van der Waals surface area contributed by atoms with Crippen molar-refractivity contribution in [3.8, 4) is 0 Å². The Morgan fingerprint density at radius 2 is 1.83 bits per heavy atom. The molecule has 128 valence electrons. The number of hydrogen-bond acceptors (Lipinski definition) is 2. The molecule has 0 saturated heterocycles. The lowest BCUT2D eigenvalue weighted by atomic mass is 10.1. The van der Waals surface area contributed by atoms with Crippen LogP contribution in [0.25, 0.3) is 0 Å². The molecule has 2 aromatic carbocycles. The molecule has 1 atom stereocenters. The van der Waals surface area contributed by atoms with E-state index in [9.17, 15) is 13.9 Å². The Morgan fingerprint density at radius 1 is 1.08 bits per heavy atom. The van der Waals surface area contributed by atoms with E-state index in [1.54, 1.807) is 24.3 Å². The maximum Gasteiger partial charge on any atom is 0.191 e. The van der Waals surface area contributed by atoms with Crippen LogP contribution in [0.4, 0.5) is 8.78 Å². The molecule has 0 fully saturated rings. The zero-order valence-corrected chi connectivity index (χ0v) is 13.5. The van der Waals surface area contributed by atoms with E-state index in [-0.39, 0.29) is 18.2 Å². The molecule has 0 spiro atoms. The van der Waals surface area contributed by atoms with Crippen LogP contribution in [0.3, 0.4) is 0 Å². The molecule has 4 nitrogen and oxygen atoms in total. The van der Waals surface area contributed by atoms with Crippen molar-refractivity contribution < 1.29 is 13.9 Å². The molecule has 0 aliphatic carbocycles. The van der Waals surface area contributed by atoms with E-state index in [0.717, 1.165) is 5.56 Å².